The molecule has 0 bridgehead atoms. The van der Waals surface area contributed by atoms with Gasteiger partial charge in [0.25, 0.3) is 0 Å². The van der Waals surface area contributed by atoms with Crippen LogP contribution in [0.15, 0.2) is 271 Å². The SMILES string of the molecule is c1ccc(-c2cc(-c3cc(-c4cc(-c5nc(-c6ccccc6)nc(-c6ccccc6)n5)cc(N5c6ccccc6Sc6ccccc65)c4)cc(N4c5ccccc5Oc5ccccc54)c3)nc(-c3ccccc3)n2)cc1. The van der Waals surface area contributed by atoms with E-state index in [0.717, 1.165) is 111 Å². The van der Waals surface area contributed by atoms with Crippen LogP contribution < -0.4 is 14.5 Å². The van der Waals surface area contributed by atoms with Gasteiger partial charge in [-0.2, -0.15) is 0 Å². The van der Waals surface area contributed by atoms with Crippen molar-refractivity contribution in [1.29, 1.82) is 0 Å². The van der Waals surface area contributed by atoms with Crippen LogP contribution in [-0.4, -0.2) is 24.9 Å². The topological polar surface area (TPSA) is 80.2 Å². The number of hydrogen-bond acceptors (Lipinski definition) is 9. The van der Waals surface area contributed by atoms with Crippen LogP contribution in [0.1, 0.15) is 0 Å². The normalized spacial score (nSPS) is 12.2. The molecule has 2 aliphatic heterocycles. The first-order valence-corrected chi connectivity index (χ1v) is 26.0. The van der Waals surface area contributed by atoms with Crippen molar-refractivity contribution in [2.24, 2.45) is 0 Å². The van der Waals surface area contributed by atoms with Gasteiger partial charge in [0, 0.05) is 54.5 Å². The second-order valence-corrected chi connectivity index (χ2v) is 19.6. The number of benzene rings is 10. The molecule has 4 heterocycles. The Kier molecular flexibility index (Phi) is 11.3. The van der Waals surface area contributed by atoms with Gasteiger partial charge in [0.05, 0.1) is 34.1 Å². The fraction of sp³-hybridized carbons (Fsp3) is 0. The van der Waals surface area contributed by atoms with Crippen molar-refractivity contribution in [3.63, 3.8) is 0 Å². The third-order valence-electron chi connectivity index (χ3n) is 13.6. The Bertz CT molecular complexity index is 3670. The molecule has 10 aromatic carbocycles. The zero-order valence-corrected chi connectivity index (χ0v) is 41.6. The smallest absolute Gasteiger partial charge is 0.164 e. The maximum atomic E-state index is 6.59. The average Bonchev–Trinajstić information content (AvgIpc) is 3.56. The largest absolute Gasteiger partial charge is 0.453 e. The molecule has 2 aliphatic rings. The van der Waals surface area contributed by atoms with E-state index < -0.39 is 0 Å². The lowest BCUT2D eigenvalue weighted by Gasteiger charge is -2.34. The van der Waals surface area contributed by atoms with Gasteiger partial charge in [0.1, 0.15) is 0 Å². The molecule has 9 heteroatoms. The van der Waals surface area contributed by atoms with E-state index in [2.05, 4.69) is 149 Å². The van der Waals surface area contributed by atoms with Gasteiger partial charge in [-0.25, -0.2) is 24.9 Å². The molecule has 0 saturated carbocycles. The molecule has 0 fully saturated rings. The Balaban J connectivity index is 1.05. The molecule has 0 spiro atoms. The molecule has 12 aromatic rings. The van der Waals surface area contributed by atoms with Crippen LogP contribution in [0, 0.1) is 0 Å². The first-order valence-electron chi connectivity index (χ1n) is 25.1. The molecule has 0 radical (unpaired) electrons. The molecule has 76 heavy (non-hydrogen) atoms. The summed E-state index contributed by atoms with van der Waals surface area (Å²) in [5.41, 5.74) is 14.8. The fourth-order valence-corrected chi connectivity index (χ4v) is 11.1. The van der Waals surface area contributed by atoms with Crippen molar-refractivity contribution in [1.82, 2.24) is 24.9 Å². The molecule has 8 nitrogen and oxygen atoms in total. The molecule has 0 atom stereocenters. The monoisotopic (exact) mass is 993 g/mol. The van der Waals surface area contributed by atoms with Gasteiger partial charge in [-0.05, 0) is 102 Å². The van der Waals surface area contributed by atoms with Gasteiger partial charge >= 0.3 is 0 Å². The van der Waals surface area contributed by atoms with Crippen LogP contribution in [0.4, 0.5) is 34.1 Å². The summed E-state index contributed by atoms with van der Waals surface area (Å²) in [6.45, 7) is 0. The van der Waals surface area contributed by atoms with E-state index in [4.69, 9.17) is 29.7 Å². The Morgan fingerprint density at radius 2 is 0.605 bits per heavy atom. The van der Waals surface area contributed by atoms with Crippen molar-refractivity contribution < 1.29 is 4.74 Å². The standard InChI is InChI=1S/C67H43N7OS/c1-5-21-44(22-6-1)54-43-55(69-64(68-54)45-23-7-2-8-24-45)50-37-48(39-52(41-50)73-56-29-13-17-33-60(56)75-61-34-18-14-30-57(61)73)49-38-51(42-53(40-49)74-58-31-15-19-35-62(58)76-63-36-20-16-32-59(63)74)67-71-65(46-25-9-3-10-26-46)70-66(72-67)47-27-11-4-12-28-47/h1-43H. The van der Waals surface area contributed by atoms with Crippen LogP contribution in [0.2, 0.25) is 0 Å². The van der Waals surface area contributed by atoms with Crippen LogP contribution in [-0.2, 0) is 0 Å². The van der Waals surface area contributed by atoms with Gasteiger partial charge < -0.3 is 14.5 Å². The molecule has 2 aromatic heterocycles. The summed E-state index contributed by atoms with van der Waals surface area (Å²) < 4.78 is 6.59. The lowest BCUT2D eigenvalue weighted by atomic mass is 9.96. The highest BCUT2D eigenvalue weighted by Crippen LogP contribution is 2.54. The lowest BCUT2D eigenvalue weighted by molar-refractivity contribution is 0.477. The minimum absolute atomic E-state index is 0.548. The van der Waals surface area contributed by atoms with Gasteiger partial charge in [-0.3, -0.25) is 0 Å². The number of hydrogen-bond donors (Lipinski definition) is 0. The predicted molar refractivity (Wildman–Crippen MR) is 307 cm³/mol. The van der Waals surface area contributed by atoms with E-state index in [1.54, 1.807) is 11.8 Å². The maximum Gasteiger partial charge on any atom is 0.164 e. The van der Waals surface area contributed by atoms with Crippen LogP contribution in [0.5, 0.6) is 11.5 Å². The summed E-state index contributed by atoms with van der Waals surface area (Å²) in [5.74, 6) is 3.87. The number of ether oxygens (including phenoxy) is 1. The summed E-state index contributed by atoms with van der Waals surface area (Å²) in [6.07, 6.45) is 0. The van der Waals surface area contributed by atoms with E-state index in [1.807, 2.05) is 121 Å². The highest BCUT2D eigenvalue weighted by molar-refractivity contribution is 7.99. The van der Waals surface area contributed by atoms with E-state index in [-0.39, 0.29) is 0 Å². The third-order valence-corrected chi connectivity index (χ3v) is 14.8. The van der Waals surface area contributed by atoms with E-state index >= 15 is 0 Å². The minimum Gasteiger partial charge on any atom is -0.453 e. The Hall–Kier alpha value is -9.96. The number of fused-ring (bicyclic) bond motifs is 4. The Morgan fingerprint density at radius 1 is 0.263 bits per heavy atom. The molecule has 0 N–H and O–H groups in total. The van der Waals surface area contributed by atoms with Crippen molar-refractivity contribution in [3.05, 3.63) is 261 Å². The molecule has 0 saturated heterocycles. The van der Waals surface area contributed by atoms with Crippen LogP contribution in [0.3, 0.4) is 0 Å². The summed E-state index contributed by atoms with van der Waals surface area (Å²) in [4.78, 5) is 33.3. The van der Waals surface area contributed by atoms with Gasteiger partial charge in [-0.15, -0.1) is 0 Å². The fourth-order valence-electron chi connectivity index (χ4n) is 10.1. The first-order chi connectivity index (χ1) is 37.6. The second kappa shape index (κ2) is 19.1. The predicted octanol–water partition coefficient (Wildman–Crippen LogP) is 17.8. The molecule has 14 rings (SSSR count). The van der Waals surface area contributed by atoms with Crippen molar-refractivity contribution in [2.75, 3.05) is 9.80 Å². The quantitative estimate of drug-likeness (QED) is 0.140. The molecule has 358 valence electrons. The van der Waals surface area contributed by atoms with Crippen LogP contribution >= 0.6 is 11.8 Å². The molecular weight excluding hydrogens is 951 g/mol. The van der Waals surface area contributed by atoms with Crippen molar-refractivity contribution in [2.45, 2.75) is 9.79 Å². The minimum atomic E-state index is 0.548. The highest BCUT2D eigenvalue weighted by atomic mass is 32.2. The molecular formula is C67H43N7OS. The van der Waals surface area contributed by atoms with Crippen molar-refractivity contribution >= 4 is 45.9 Å². The summed E-state index contributed by atoms with van der Waals surface area (Å²) in [5, 5.41) is 0. The highest BCUT2D eigenvalue weighted by Gasteiger charge is 2.29. The summed E-state index contributed by atoms with van der Waals surface area (Å²) >= 11 is 1.78. The average molecular weight is 994 g/mol. The third kappa shape index (κ3) is 8.40. The Labute approximate surface area is 444 Å². The maximum absolute atomic E-state index is 6.59. The number of nitrogens with zero attached hydrogens (tertiary/aromatic N) is 7. The summed E-state index contributed by atoms with van der Waals surface area (Å²) in [7, 11) is 0. The van der Waals surface area contributed by atoms with Gasteiger partial charge in [0.15, 0.2) is 34.8 Å². The van der Waals surface area contributed by atoms with E-state index in [1.165, 1.54) is 0 Å². The Morgan fingerprint density at radius 3 is 1.11 bits per heavy atom. The van der Waals surface area contributed by atoms with E-state index in [0.29, 0.717) is 23.3 Å². The van der Waals surface area contributed by atoms with Gasteiger partial charge in [-0.1, -0.05) is 182 Å². The number of para-hydroxylation sites is 6. The molecule has 0 aliphatic carbocycles. The molecule has 0 unspecified atom stereocenters. The number of anilines is 6. The number of rotatable bonds is 9. The van der Waals surface area contributed by atoms with Crippen molar-refractivity contribution in [3.8, 4) is 90.7 Å². The summed E-state index contributed by atoms with van der Waals surface area (Å²) in [6, 6.07) is 90.0. The zero-order chi connectivity index (χ0) is 50.4. The lowest BCUT2D eigenvalue weighted by Crippen LogP contribution is -2.16. The van der Waals surface area contributed by atoms with Gasteiger partial charge in [0.2, 0.25) is 0 Å². The zero-order valence-electron chi connectivity index (χ0n) is 40.8. The molecule has 0 amide bonds. The second-order valence-electron chi connectivity index (χ2n) is 18.5. The van der Waals surface area contributed by atoms with Crippen LogP contribution in [0.25, 0.3) is 79.2 Å². The van der Waals surface area contributed by atoms with E-state index in [9.17, 15) is 0 Å². The number of aromatic nitrogens is 5. The first kappa shape index (κ1) is 44.7.